The van der Waals surface area contributed by atoms with Crippen LogP contribution in [0.2, 0.25) is 0 Å². The summed E-state index contributed by atoms with van der Waals surface area (Å²) in [4.78, 5) is 8.90. The number of para-hydroxylation sites is 1. The zero-order valence-electron chi connectivity index (χ0n) is 22.0. The third-order valence-corrected chi connectivity index (χ3v) is 4.91. The number of nitrogens with zero attached hydrogens (tertiary/aromatic N) is 2. The van der Waals surface area contributed by atoms with Gasteiger partial charge < -0.3 is 4.42 Å². The zero-order chi connectivity index (χ0) is 24.5. The van der Waals surface area contributed by atoms with E-state index in [0.717, 1.165) is 5.39 Å². The van der Waals surface area contributed by atoms with E-state index in [2.05, 4.69) is 9.97 Å². The summed E-state index contributed by atoms with van der Waals surface area (Å²) in [6, 6.07) is 12.3. The van der Waals surface area contributed by atoms with Crippen LogP contribution in [0, 0.1) is 0 Å². The van der Waals surface area contributed by atoms with E-state index >= 15 is 0 Å². The van der Waals surface area contributed by atoms with E-state index in [9.17, 15) is 0 Å². The van der Waals surface area contributed by atoms with Crippen LogP contribution in [0.5, 0.6) is 0 Å². The summed E-state index contributed by atoms with van der Waals surface area (Å²) >= 11 is 0. The van der Waals surface area contributed by atoms with Gasteiger partial charge in [-0.1, -0.05) is 44.4 Å². The number of benzene rings is 1. The first kappa shape index (κ1) is 10.6. The first-order valence-electron chi connectivity index (χ1n) is 12.6. The minimum absolute atomic E-state index is 0.0166. The molecule has 1 aliphatic carbocycles. The SMILES string of the molecule is [2H]C([2H])(C)c1ccc(-c2cccc3c2oc2nc(C4([2H])C([2H])([2H])CCCC4([2H])[2H])ccc23)nc1. The van der Waals surface area contributed by atoms with Gasteiger partial charge in [-0.3, -0.25) is 4.98 Å². The topological polar surface area (TPSA) is 38.9 Å². The molecule has 3 aromatic heterocycles. The van der Waals surface area contributed by atoms with Gasteiger partial charge in [0.05, 0.1) is 5.69 Å². The lowest BCUT2D eigenvalue weighted by Gasteiger charge is -2.20. The average molecular weight is 364 g/mol. The summed E-state index contributed by atoms with van der Waals surface area (Å²) in [5, 5.41) is 1.46. The predicted octanol–water partition coefficient (Wildman–Crippen LogP) is 6.65. The van der Waals surface area contributed by atoms with Gasteiger partial charge in [-0.15, -0.1) is 0 Å². The van der Waals surface area contributed by atoms with Crippen LogP contribution >= 0.6 is 0 Å². The largest absolute Gasteiger partial charge is 0.437 e. The van der Waals surface area contributed by atoms with Crippen LogP contribution in [-0.2, 0) is 6.37 Å². The standard InChI is InChI=1S/C24H24N2O/c1-2-16-11-13-22(25-15-16)20-10-6-9-18-19-12-14-21(17-7-4-3-5-8-17)26-24(19)27-23(18)20/h6,9-15,17H,2-5,7-8H2,1H3/i2D2,7D2,8D2,17D. The predicted molar refractivity (Wildman–Crippen MR) is 110 cm³/mol. The molecule has 3 heterocycles. The Hall–Kier alpha value is -2.68. The van der Waals surface area contributed by atoms with E-state index in [0.29, 0.717) is 34.2 Å². The first-order valence-corrected chi connectivity index (χ1v) is 9.15. The Morgan fingerprint density at radius 2 is 2.00 bits per heavy atom. The monoisotopic (exact) mass is 363 g/mol. The van der Waals surface area contributed by atoms with Gasteiger partial charge in [0.15, 0.2) is 0 Å². The van der Waals surface area contributed by atoms with Crippen molar-refractivity contribution in [3.05, 3.63) is 59.9 Å². The number of furan rings is 1. The fourth-order valence-electron chi connectivity index (χ4n) is 3.48. The lowest BCUT2D eigenvalue weighted by molar-refractivity contribution is 0.436. The smallest absolute Gasteiger partial charge is 0.227 e. The van der Waals surface area contributed by atoms with Gasteiger partial charge >= 0.3 is 0 Å². The van der Waals surface area contributed by atoms with Crippen molar-refractivity contribution in [1.29, 1.82) is 0 Å². The molecule has 3 nitrogen and oxygen atoms in total. The quantitative estimate of drug-likeness (QED) is 0.409. The van der Waals surface area contributed by atoms with Crippen molar-refractivity contribution in [2.45, 2.75) is 51.2 Å². The van der Waals surface area contributed by atoms with Crippen LogP contribution in [0.1, 0.15) is 65.7 Å². The number of hydrogen-bond acceptors (Lipinski definition) is 3. The van der Waals surface area contributed by atoms with Gasteiger partial charge in [-0.2, -0.15) is 0 Å². The molecule has 1 aromatic carbocycles. The van der Waals surface area contributed by atoms with Gasteiger partial charge in [0, 0.05) is 43.7 Å². The third-order valence-electron chi connectivity index (χ3n) is 4.91. The Kier molecular flexibility index (Phi) is 2.67. The van der Waals surface area contributed by atoms with Crippen molar-refractivity contribution >= 4 is 22.1 Å². The molecular formula is C24H24N2O. The van der Waals surface area contributed by atoms with Crippen LogP contribution in [0.15, 0.2) is 53.1 Å². The Labute approximate surface area is 169 Å². The lowest BCUT2D eigenvalue weighted by Crippen LogP contribution is -2.06. The Morgan fingerprint density at radius 3 is 2.78 bits per heavy atom. The molecule has 0 radical (unpaired) electrons. The Bertz CT molecular complexity index is 1370. The molecule has 0 saturated heterocycles. The zero-order valence-corrected chi connectivity index (χ0v) is 15.0. The highest BCUT2D eigenvalue weighted by molar-refractivity contribution is 6.08. The highest BCUT2D eigenvalue weighted by Crippen LogP contribution is 2.37. The third kappa shape index (κ3) is 2.91. The number of pyridine rings is 2. The summed E-state index contributed by atoms with van der Waals surface area (Å²) in [5.74, 6) is -2.16. The number of fused-ring (bicyclic) bond motifs is 3. The maximum atomic E-state index is 8.93. The maximum Gasteiger partial charge on any atom is 0.227 e. The summed E-state index contributed by atoms with van der Waals surface area (Å²) in [5.41, 5.74) is 2.53. The molecule has 0 aliphatic heterocycles. The summed E-state index contributed by atoms with van der Waals surface area (Å²) in [7, 11) is 0. The number of rotatable bonds is 3. The molecule has 0 amide bonds. The van der Waals surface area contributed by atoms with Gasteiger partial charge in [0.25, 0.3) is 0 Å². The molecule has 0 bridgehead atoms. The molecule has 0 atom stereocenters. The minimum atomic E-state index is -2.16. The lowest BCUT2D eigenvalue weighted by atomic mass is 9.86. The first-order chi connectivity index (χ1) is 15.9. The second-order valence-electron chi connectivity index (χ2n) is 6.60. The van der Waals surface area contributed by atoms with Gasteiger partial charge in [0.2, 0.25) is 5.71 Å². The molecule has 136 valence electrons. The van der Waals surface area contributed by atoms with E-state index in [1.165, 1.54) is 19.2 Å². The van der Waals surface area contributed by atoms with Crippen molar-refractivity contribution in [2.75, 3.05) is 0 Å². The van der Waals surface area contributed by atoms with Crippen LogP contribution in [0.4, 0.5) is 0 Å². The number of hydrogen-bond donors (Lipinski definition) is 0. The molecule has 5 rings (SSSR count). The van der Waals surface area contributed by atoms with E-state index < -0.39 is 25.0 Å². The fourth-order valence-corrected chi connectivity index (χ4v) is 3.48. The number of aryl methyl sites for hydroxylation is 1. The highest BCUT2D eigenvalue weighted by atomic mass is 16.3. The Balaban J connectivity index is 1.66. The molecule has 1 aliphatic rings. The Morgan fingerprint density at radius 1 is 1.11 bits per heavy atom. The molecule has 0 unspecified atom stereocenters. The molecular weight excluding hydrogens is 332 g/mol. The van der Waals surface area contributed by atoms with Crippen molar-refractivity contribution in [3.8, 4) is 11.3 Å². The van der Waals surface area contributed by atoms with Crippen molar-refractivity contribution in [2.24, 2.45) is 0 Å². The normalized spacial score (nSPS) is 24.9. The second kappa shape index (κ2) is 6.80. The van der Waals surface area contributed by atoms with Gasteiger partial charge in [-0.05, 0) is 48.9 Å². The van der Waals surface area contributed by atoms with Crippen LogP contribution in [0.25, 0.3) is 33.3 Å². The minimum Gasteiger partial charge on any atom is -0.437 e. The molecule has 4 aromatic rings. The van der Waals surface area contributed by atoms with E-state index in [4.69, 9.17) is 14.0 Å². The maximum absolute atomic E-state index is 8.93. The highest BCUT2D eigenvalue weighted by Gasteiger charge is 2.19. The van der Waals surface area contributed by atoms with Crippen molar-refractivity contribution in [3.63, 3.8) is 0 Å². The van der Waals surface area contributed by atoms with Crippen molar-refractivity contribution < 1.29 is 14.0 Å². The van der Waals surface area contributed by atoms with Crippen LogP contribution in [-0.4, -0.2) is 9.97 Å². The fraction of sp³-hybridized carbons (Fsp3) is 0.333. The average Bonchev–Trinajstić information content (AvgIpc) is 3.14. The second-order valence-corrected chi connectivity index (χ2v) is 6.60. The molecule has 3 heteroatoms. The van der Waals surface area contributed by atoms with Gasteiger partial charge in [0.1, 0.15) is 5.58 Å². The van der Waals surface area contributed by atoms with Crippen LogP contribution in [0.3, 0.4) is 0 Å². The summed E-state index contributed by atoms with van der Waals surface area (Å²) < 4.78 is 64.5. The van der Waals surface area contributed by atoms with E-state index in [-0.39, 0.29) is 24.2 Å². The van der Waals surface area contributed by atoms with E-state index in [1.807, 2.05) is 18.2 Å². The van der Waals surface area contributed by atoms with Crippen molar-refractivity contribution in [1.82, 2.24) is 9.97 Å². The molecule has 1 fully saturated rings. The summed E-state index contributed by atoms with van der Waals surface area (Å²) in [6.45, 7) is 1.48. The molecule has 27 heavy (non-hydrogen) atoms. The number of aromatic nitrogens is 2. The molecule has 0 N–H and O–H groups in total. The molecule has 0 spiro atoms. The van der Waals surface area contributed by atoms with Gasteiger partial charge in [-0.25, -0.2) is 4.98 Å². The van der Waals surface area contributed by atoms with E-state index in [1.54, 1.807) is 18.2 Å². The van der Waals surface area contributed by atoms with Crippen LogP contribution < -0.4 is 0 Å². The molecule has 1 saturated carbocycles. The summed E-state index contributed by atoms with van der Waals surface area (Å²) in [6.07, 6.45) is -3.59.